The lowest BCUT2D eigenvalue weighted by Crippen LogP contribution is -2.33. The van der Waals surface area contributed by atoms with Gasteiger partial charge in [-0.2, -0.15) is 0 Å². The van der Waals surface area contributed by atoms with E-state index in [1.54, 1.807) is 4.90 Å². The summed E-state index contributed by atoms with van der Waals surface area (Å²) in [6.45, 7) is 1.11. The van der Waals surface area contributed by atoms with Gasteiger partial charge in [0.25, 0.3) is 0 Å². The number of aliphatic hydroxyl groups excluding tert-OH is 1. The summed E-state index contributed by atoms with van der Waals surface area (Å²) in [4.78, 5) is 13.5. The van der Waals surface area contributed by atoms with Crippen molar-refractivity contribution in [3.63, 3.8) is 0 Å². The van der Waals surface area contributed by atoms with Gasteiger partial charge in [-0.15, -0.1) is 0 Å². The van der Waals surface area contributed by atoms with Crippen LogP contribution in [0, 0.1) is 11.8 Å². The zero-order valence-corrected chi connectivity index (χ0v) is 11.1. The predicted molar refractivity (Wildman–Crippen MR) is 70.7 cm³/mol. The molecule has 2 aliphatic rings. The number of hydrogen-bond donors (Lipinski definition) is 1. The first-order valence-corrected chi connectivity index (χ1v) is 6.93. The first-order valence-electron chi connectivity index (χ1n) is 6.93. The van der Waals surface area contributed by atoms with Crippen LogP contribution in [-0.4, -0.2) is 41.5 Å². The fourth-order valence-corrected chi connectivity index (χ4v) is 3.19. The van der Waals surface area contributed by atoms with Crippen LogP contribution >= 0.6 is 0 Å². The molecule has 4 atom stereocenters. The Bertz CT molecular complexity index is 481. The van der Waals surface area contributed by atoms with E-state index in [9.17, 15) is 14.3 Å². The van der Waals surface area contributed by atoms with Crippen molar-refractivity contribution >= 4 is 6.09 Å². The molecule has 108 valence electrons. The maximum absolute atomic E-state index is 13.4. The Kier molecular flexibility index (Phi) is 3.61. The van der Waals surface area contributed by atoms with Gasteiger partial charge in [0, 0.05) is 19.0 Å². The highest BCUT2D eigenvalue weighted by molar-refractivity contribution is 5.68. The molecule has 1 aromatic rings. The lowest BCUT2D eigenvalue weighted by Gasteiger charge is -2.19. The third-order valence-electron chi connectivity index (χ3n) is 4.29. The maximum atomic E-state index is 13.4. The second-order valence-electron chi connectivity index (χ2n) is 5.61. The number of ether oxygens (including phenoxy) is 1. The maximum Gasteiger partial charge on any atom is 0.410 e. The van der Waals surface area contributed by atoms with E-state index in [0.29, 0.717) is 19.5 Å². The Balaban J connectivity index is 1.53. The number of alkyl halides is 1. The van der Waals surface area contributed by atoms with Crippen molar-refractivity contribution in [2.75, 3.05) is 13.1 Å². The minimum absolute atomic E-state index is 0.0595. The monoisotopic (exact) mass is 279 g/mol. The molecular formula is C15H18FNO3. The summed E-state index contributed by atoms with van der Waals surface area (Å²) in [5, 5.41) is 9.72. The van der Waals surface area contributed by atoms with E-state index in [1.165, 1.54) is 0 Å². The Labute approximate surface area is 117 Å². The molecule has 0 bridgehead atoms. The third kappa shape index (κ3) is 2.50. The van der Waals surface area contributed by atoms with E-state index < -0.39 is 12.3 Å². The molecule has 1 N–H and O–H groups in total. The zero-order valence-electron chi connectivity index (χ0n) is 11.1. The van der Waals surface area contributed by atoms with Crippen LogP contribution in [0.4, 0.5) is 9.18 Å². The molecule has 1 amide bonds. The van der Waals surface area contributed by atoms with Gasteiger partial charge in [0.15, 0.2) is 0 Å². The van der Waals surface area contributed by atoms with E-state index in [1.807, 2.05) is 30.3 Å². The Morgan fingerprint density at radius 1 is 1.35 bits per heavy atom. The van der Waals surface area contributed by atoms with Crippen LogP contribution in [0.15, 0.2) is 30.3 Å². The summed E-state index contributed by atoms with van der Waals surface area (Å²) in [6.07, 6.45) is -2.13. The van der Waals surface area contributed by atoms with Gasteiger partial charge in [-0.1, -0.05) is 30.3 Å². The molecule has 3 rings (SSSR count). The van der Waals surface area contributed by atoms with Crippen molar-refractivity contribution in [2.45, 2.75) is 25.3 Å². The van der Waals surface area contributed by atoms with E-state index in [2.05, 4.69) is 0 Å². The second kappa shape index (κ2) is 5.40. The average molecular weight is 279 g/mol. The number of halogens is 1. The molecule has 0 radical (unpaired) electrons. The number of fused-ring (bicyclic) bond motifs is 1. The molecule has 1 saturated carbocycles. The van der Waals surface area contributed by atoms with E-state index >= 15 is 0 Å². The van der Waals surface area contributed by atoms with Gasteiger partial charge in [-0.05, 0) is 17.9 Å². The highest BCUT2D eigenvalue weighted by atomic mass is 19.1. The van der Waals surface area contributed by atoms with Crippen LogP contribution in [0.3, 0.4) is 0 Å². The van der Waals surface area contributed by atoms with Crippen LogP contribution < -0.4 is 0 Å². The Morgan fingerprint density at radius 3 is 2.80 bits per heavy atom. The summed E-state index contributed by atoms with van der Waals surface area (Å²) < 4.78 is 18.6. The summed E-state index contributed by atoms with van der Waals surface area (Å²) >= 11 is 0. The number of aliphatic hydroxyl groups is 1. The summed E-state index contributed by atoms with van der Waals surface area (Å²) in [7, 11) is 0. The predicted octanol–water partition coefficient (Wildman–Crippen LogP) is 1.97. The van der Waals surface area contributed by atoms with Gasteiger partial charge < -0.3 is 14.7 Å². The smallest absolute Gasteiger partial charge is 0.410 e. The molecule has 1 saturated heterocycles. The standard InChI is InChI=1S/C15H18FNO3/c16-13-6-11-7-17(8-12(11)14(13)18)15(19)20-9-10-4-2-1-3-5-10/h1-5,11-14,18H,6-9H2/t11-,12+,13?,14+/m0/s1. The van der Waals surface area contributed by atoms with Crippen molar-refractivity contribution in [2.24, 2.45) is 11.8 Å². The van der Waals surface area contributed by atoms with Crippen molar-refractivity contribution in [1.29, 1.82) is 0 Å². The topological polar surface area (TPSA) is 49.8 Å². The van der Waals surface area contributed by atoms with Crippen molar-refractivity contribution in [1.82, 2.24) is 4.90 Å². The van der Waals surface area contributed by atoms with Gasteiger partial charge >= 0.3 is 6.09 Å². The lowest BCUT2D eigenvalue weighted by molar-refractivity contribution is 0.0588. The lowest BCUT2D eigenvalue weighted by atomic mass is 10.00. The van der Waals surface area contributed by atoms with Crippen LogP contribution in [0.25, 0.3) is 0 Å². The molecule has 4 nitrogen and oxygen atoms in total. The highest BCUT2D eigenvalue weighted by Gasteiger charge is 2.49. The van der Waals surface area contributed by atoms with Crippen molar-refractivity contribution in [3.05, 3.63) is 35.9 Å². The molecule has 0 aromatic heterocycles. The molecule has 2 fully saturated rings. The fourth-order valence-electron chi connectivity index (χ4n) is 3.19. The van der Waals surface area contributed by atoms with E-state index in [0.717, 1.165) is 5.56 Å². The zero-order chi connectivity index (χ0) is 14.1. The molecule has 1 aromatic carbocycles. The number of hydrogen-bond acceptors (Lipinski definition) is 3. The number of amides is 1. The Morgan fingerprint density at radius 2 is 2.10 bits per heavy atom. The van der Waals surface area contributed by atoms with E-state index in [4.69, 9.17) is 4.74 Å². The normalized spacial score (nSPS) is 32.2. The number of carbonyl (C=O) groups excluding carboxylic acids is 1. The van der Waals surface area contributed by atoms with Crippen molar-refractivity contribution < 1.29 is 19.0 Å². The number of rotatable bonds is 2. The first-order chi connectivity index (χ1) is 9.65. The number of carbonyl (C=O) groups is 1. The quantitative estimate of drug-likeness (QED) is 0.900. The van der Waals surface area contributed by atoms with Gasteiger partial charge in [-0.25, -0.2) is 9.18 Å². The number of nitrogens with zero attached hydrogens (tertiary/aromatic N) is 1. The average Bonchev–Trinajstić information content (AvgIpc) is 2.98. The third-order valence-corrected chi connectivity index (χ3v) is 4.29. The summed E-state index contributed by atoms with van der Waals surface area (Å²) in [5.41, 5.74) is 0.934. The number of benzene rings is 1. The first kappa shape index (κ1) is 13.4. The van der Waals surface area contributed by atoms with Gasteiger partial charge in [-0.3, -0.25) is 0 Å². The molecule has 5 heteroatoms. The summed E-state index contributed by atoms with van der Waals surface area (Å²) in [5.74, 6) is -0.0847. The SMILES string of the molecule is O=C(OCc1ccccc1)N1C[C@@H]2CC(F)[C@H](O)[C@@H]2C1. The second-order valence-corrected chi connectivity index (χ2v) is 5.61. The van der Waals surface area contributed by atoms with Crippen LogP contribution in [0.1, 0.15) is 12.0 Å². The fraction of sp³-hybridized carbons (Fsp3) is 0.533. The molecule has 1 heterocycles. The molecular weight excluding hydrogens is 261 g/mol. The largest absolute Gasteiger partial charge is 0.445 e. The van der Waals surface area contributed by atoms with Gasteiger partial charge in [0.05, 0.1) is 6.10 Å². The van der Waals surface area contributed by atoms with E-state index in [-0.39, 0.29) is 24.5 Å². The molecule has 20 heavy (non-hydrogen) atoms. The van der Waals surface area contributed by atoms with Crippen LogP contribution in [0.2, 0.25) is 0 Å². The van der Waals surface area contributed by atoms with Crippen LogP contribution in [0.5, 0.6) is 0 Å². The molecule has 1 aliphatic carbocycles. The van der Waals surface area contributed by atoms with Crippen molar-refractivity contribution in [3.8, 4) is 0 Å². The molecule has 0 spiro atoms. The minimum atomic E-state index is -1.15. The van der Waals surface area contributed by atoms with Gasteiger partial charge in [0.1, 0.15) is 12.8 Å². The Hall–Kier alpha value is -1.62. The minimum Gasteiger partial charge on any atom is -0.445 e. The summed E-state index contributed by atoms with van der Waals surface area (Å²) in [6, 6.07) is 9.47. The van der Waals surface area contributed by atoms with Crippen LogP contribution in [-0.2, 0) is 11.3 Å². The van der Waals surface area contributed by atoms with Gasteiger partial charge in [0.2, 0.25) is 0 Å². The molecule has 1 aliphatic heterocycles. The molecule has 1 unspecified atom stereocenters. The highest BCUT2D eigenvalue weighted by Crippen LogP contribution is 2.39. The number of likely N-dealkylation sites (tertiary alicyclic amines) is 1.